The van der Waals surface area contributed by atoms with E-state index in [9.17, 15) is 14.3 Å². The van der Waals surface area contributed by atoms with E-state index in [0.717, 1.165) is 48.8 Å². The fraction of sp³-hybridized carbons (Fsp3) is 0.421. The standard InChI is InChI=1S/C19H19FN4O2/c20-11-2-3-12-14(8-11)23-16-15(12)17(22-10-21-16)24-7-6-19(4-1-5-19)13(9-24)18(25)26/h2-3,8,10,13H,1,4-7,9H2,(H,25,26)(H,21,22,23). The Morgan fingerprint density at radius 1 is 1.31 bits per heavy atom. The van der Waals surface area contributed by atoms with Gasteiger partial charge in [0, 0.05) is 18.5 Å². The number of hydrogen-bond acceptors (Lipinski definition) is 4. The van der Waals surface area contributed by atoms with E-state index in [1.807, 2.05) is 0 Å². The zero-order valence-electron chi connectivity index (χ0n) is 14.2. The van der Waals surface area contributed by atoms with Crippen LogP contribution in [0.1, 0.15) is 25.7 Å². The van der Waals surface area contributed by atoms with Crippen LogP contribution in [0, 0.1) is 17.2 Å². The number of carbonyl (C=O) groups is 1. The molecule has 0 amide bonds. The predicted molar refractivity (Wildman–Crippen MR) is 95.6 cm³/mol. The number of aromatic nitrogens is 3. The molecular formula is C19H19FN4O2. The zero-order valence-corrected chi connectivity index (χ0v) is 14.2. The van der Waals surface area contributed by atoms with E-state index in [-0.39, 0.29) is 17.2 Å². The molecule has 1 saturated heterocycles. The number of nitrogens with one attached hydrogen (secondary N) is 1. The number of hydrogen-bond donors (Lipinski definition) is 2. The van der Waals surface area contributed by atoms with Crippen LogP contribution in [0.4, 0.5) is 10.2 Å². The SMILES string of the molecule is O=C(O)C1CN(c2ncnc3[nH]c4cc(F)ccc4c23)CCC12CCC2. The number of nitrogens with zero attached hydrogens (tertiary/aromatic N) is 3. The monoisotopic (exact) mass is 354 g/mol. The quantitative estimate of drug-likeness (QED) is 0.738. The first-order valence-corrected chi connectivity index (χ1v) is 8.97. The summed E-state index contributed by atoms with van der Waals surface area (Å²) in [5.74, 6) is -0.680. The van der Waals surface area contributed by atoms with Crippen molar-refractivity contribution in [2.24, 2.45) is 11.3 Å². The number of carboxylic acids is 1. The van der Waals surface area contributed by atoms with Gasteiger partial charge in [-0.05, 0) is 42.9 Å². The average Bonchev–Trinajstić information content (AvgIpc) is 2.97. The molecule has 1 spiro atoms. The molecule has 1 saturated carbocycles. The van der Waals surface area contributed by atoms with Crippen LogP contribution in [0.15, 0.2) is 24.5 Å². The summed E-state index contributed by atoms with van der Waals surface area (Å²) in [4.78, 5) is 25.8. The number of aliphatic carboxylic acids is 1. The van der Waals surface area contributed by atoms with Gasteiger partial charge in [-0.25, -0.2) is 14.4 Å². The lowest BCUT2D eigenvalue weighted by molar-refractivity contribution is -0.150. The first-order chi connectivity index (χ1) is 12.6. The maximum atomic E-state index is 13.6. The van der Waals surface area contributed by atoms with Gasteiger partial charge in [-0.2, -0.15) is 0 Å². The summed E-state index contributed by atoms with van der Waals surface area (Å²) >= 11 is 0. The molecule has 0 radical (unpaired) electrons. The molecule has 0 bridgehead atoms. The third-order valence-corrected chi connectivity index (χ3v) is 6.30. The first-order valence-electron chi connectivity index (χ1n) is 8.97. The lowest BCUT2D eigenvalue weighted by Crippen LogP contribution is -2.53. The van der Waals surface area contributed by atoms with Crippen molar-refractivity contribution in [3.05, 3.63) is 30.3 Å². The third-order valence-electron chi connectivity index (χ3n) is 6.30. The van der Waals surface area contributed by atoms with Crippen molar-refractivity contribution < 1.29 is 14.3 Å². The van der Waals surface area contributed by atoms with Crippen LogP contribution < -0.4 is 4.90 Å². The number of benzene rings is 1. The molecule has 1 aromatic carbocycles. The maximum absolute atomic E-state index is 13.6. The largest absolute Gasteiger partial charge is 0.481 e. The Balaban J connectivity index is 1.61. The summed E-state index contributed by atoms with van der Waals surface area (Å²) in [7, 11) is 0. The number of piperidine rings is 1. The molecule has 3 aromatic rings. The van der Waals surface area contributed by atoms with Gasteiger partial charge >= 0.3 is 5.97 Å². The molecule has 2 aromatic heterocycles. The molecule has 2 aliphatic rings. The second-order valence-corrected chi connectivity index (χ2v) is 7.54. The Bertz CT molecular complexity index is 1030. The van der Waals surface area contributed by atoms with Gasteiger partial charge < -0.3 is 15.0 Å². The Labute approximate surface area is 149 Å². The van der Waals surface area contributed by atoms with E-state index in [4.69, 9.17) is 0 Å². The van der Waals surface area contributed by atoms with Crippen molar-refractivity contribution in [1.29, 1.82) is 0 Å². The number of H-pyrrole nitrogens is 1. The fourth-order valence-electron chi connectivity index (χ4n) is 4.72. The average molecular weight is 354 g/mol. The minimum atomic E-state index is -0.722. The van der Waals surface area contributed by atoms with Crippen LogP contribution in [0.3, 0.4) is 0 Å². The number of halogens is 1. The van der Waals surface area contributed by atoms with Crippen molar-refractivity contribution >= 4 is 33.7 Å². The highest BCUT2D eigenvalue weighted by Gasteiger charge is 2.50. The molecule has 3 heterocycles. The van der Waals surface area contributed by atoms with Crippen LogP contribution in [-0.4, -0.2) is 39.1 Å². The summed E-state index contributed by atoms with van der Waals surface area (Å²) in [6.07, 6.45) is 5.47. The zero-order chi connectivity index (χ0) is 17.9. The highest BCUT2D eigenvalue weighted by molar-refractivity contribution is 6.11. The molecule has 134 valence electrons. The molecule has 1 unspecified atom stereocenters. The molecule has 7 heteroatoms. The summed E-state index contributed by atoms with van der Waals surface area (Å²) < 4.78 is 13.6. The van der Waals surface area contributed by atoms with Gasteiger partial charge in [0.25, 0.3) is 0 Å². The number of aromatic amines is 1. The van der Waals surface area contributed by atoms with E-state index >= 15 is 0 Å². The van der Waals surface area contributed by atoms with Crippen molar-refractivity contribution in [3.63, 3.8) is 0 Å². The lowest BCUT2D eigenvalue weighted by atomic mass is 9.57. The van der Waals surface area contributed by atoms with Gasteiger partial charge in [-0.15, -0.1) is 0 Å². The van der Waals surface area contributed by atoms with Gasteiger partial charge in [0.05, 0.1) is 16.8 Å². The van der Waals surface area contributed by atoms with E-state index < -0.39 is 5.97 Å². The summed E-state index contributed by atoms with van der Waals surface area (Å²) in [6.45, 7) is 1.24. The molecule has 5 rings (SSSR count). The number of rotatable bonds is 2. The minimum absolute atomic E-state index is 0.0438. The first kappa shape index (κ1) is 15.5. The Morgan fingerprint density at radius 3 is 2.88 bits per heavy atom. The molecule has 6 nitrogen and oxygen atoms in total. The second-order valence-electron chi connectivity index (χ2n) is 7.54. The van der Waals surface area contributed by atoms with Crippen LogP contribution in [0.2, 0.25) is 0 Å². The molecule has 2 fully saturated rings. The van der Waals surface area contributed by atoms with Gasteiger partial charge in [0.1, 0.15) is 23.6 Å². The van der Waals surface area contributed by atoms with E-state index in [1.165, 1.54) is 18.5 Å². The highest BCUT2D eigenvalue weighted by atomic mass is 19.1. The van der Waals surface area contributed by atoms with Crippen LogP contribution >= 0.6 is 0 Å². The Hall–Kier alpha value is -2.70. The molecule has 1 aliphatic carbocycles. The van der Waals surface area contributed by atoms with Crippen molar-refractivity contribution in [1.82, 2.24) is 15.0 Å². The van der Waals surface area contributed by atoms with E-state index in [2.05, 4.69) is 19.9 Å². The summed E-state index contributed by atoms with van der Waals surface area (Å²) in [5, 5.41) is 11.5. The third kappa shape index (κ3) is 2.12. The van der Waals surface area contributed by atoms with Gasteiger partial charge in [-0.1, -0.05) is 6.42 Å². The number of anilines is 1. The van der Waals surface area contributed by atoms with Gasteiger partial charge in [0.2, 0.25) is 0 Å². The second kappa shape index (κ2) is 5.40. The van der Waals surface area contributed by atoms with Crippen LogP contribution in [-0.2, 0) is 4.79 Å². The summed E-state index contributed by atoms with van der Waals surface area (Å²) in [6, 6.07) is 4.59. The van der Waals surface area contributed by atoms with Crippen molar-refractivity contribution in [2.75, 3.05) is 18.0 Å². The molecule has 1 atom stereocenters. The van der Waals surface area contributed by atoms with E-state index in [1.54, 1.807) is 6.07 Å². The number of carboxylic acid groups (broad SMARTS) is 1. The Kier molecular flexibility index (Phi) is 3.23. The van der Waals surface area contributed by atoms with Crippen molar-refractivity contribution in [2.45, 2.75) is 25.7 Å². The normalized spacial score (nSPS) is 22.0. The summed E-state index contributed by atoms with van der Waals surface area (Å²) in [5.41, 5.74) is 1.27. The molecular weight excluding hydrogens is 335 g/mol. The van der Waals surface area contributed by atoms with Gasteiger partial charge in [-0.3, -0.25) is 4.79 Å². The molecule has 2 N–H and O–H groups in total. The minimum Gasteiger partial charge on any atom is -0.481 e. The predicted octanol–water partition coefficient (Wildman–Crippen LogP) is 3.33. The van der Waals surface area contributed by atoms with Crippen LogP contribution in [0.5, 0.6) is 0 Å². The molecule has 26 heavy (non-hydrogen) atoms. The number of fused-ring (bicyclic) bond motifs is 3. The van der Waals surface area contributed by atoms with E-state index in [0.29, 0.717) is 17.7 Å². The molecule has 1 aliphatic heterocycles. The Morgan fingerprint density at radius 2 is 2.15 bits per heavy atom. The maximum Gasteiger partial charge on any atom is 0.308 e. The van der Waals surface area contributed by atoms with Crippen molar-refractivity contribution in [3.8, 4) is 0 Å². The topological polar surface area (TPSA) is 82.1 Å². The fourth-order valence-corrected chi connectivity index (χ4v) is 4.72. The highest BCUT2D eigenvalue weighted by Crippen LogP contribution is 2.53. The van der Waals surface area contributed by atoms with Gasteiger partial charge in [0.15, 0.2) is 0 Å². The van der Waals surface area contributed by atoms with Crippen LogP contribution in [0.25, 0.3) is 21.9 Å². The smallest absolute Gasteiger partial charge is 0.308 e. The lowest BCUT2D eigenvalue weighted by Gasteiger charge is -2.52.